The van der Waals surface area contributed by atoms with E-state index in [-0.39, 0.29) is 36.2 Å². The fourth-order valence-electron chi connectivity index (χ4n) is 10.7. The molecule has 4 fully saturated rings. The van der Waals surface area contributed by atoms with Crippen LogP contribution in [0.25, 0.3) is 10.9 Å². The fraction of sp³-hybridized carbons (Fsp3) is 0.511. The predicted molar refractivity (Wildman–Crippen MR) is 220 cm³/mol. The number of benzene rings is 2. The lowest BCUT2D eigenvalue weighted by Gasteiger charge is -2.53. The number of carbonyl (C=O) groups is 5. The first-order valence-corrected chi connectivity index (χ1v) is 21.3. The van der Waals surface area contributed by atoms with Crippen molar-refractivity contribution in [2.45, 2.75) is 83.6 Å². The second kappa shape index (κ2) is 15.9. The van der Waals surface area contributed by atoms with E-state index < -0.39 is 17.7 Å². The Kier molecular flexibility index (Phi) is 10.5. The Bertz CT molecular complexity index is 2320. The van der Waals surface area contributed by atoms with Crippen molar-refractivity contribution in [2.24, 2.45) is 29.1 Å². The summed E-state index contributed by atoms with van der Waals surface area (Å²) in [6, 6.07) is 11.1. The number of nitrogens with one attached hydrogen (secondary N) is 3. The van der Waals surface area contributed by atoms with Gasteiger partial charge in [0.1, 0.15) is 17.3 Å². The number of methoxy groups -OCH3 is 1. The van der Waals surface area contributed by atoms with Gasteiger partial charge in [-0.2, -0.15) is 5.10 Å². The van der Waals surface area contributed by atoms with Crippen LogP contribution in [0.2, 0.25) is 0 Å². The molecule has 4 aromatic rings. The van der Waals surface area contributed by atoms with Gasteiger partial charge in [0, 0.05) is 54.6 Å². The highest BCUT2D eigenvalue weighted by molar-refractivity contribution is 6.30. The van der Waals surface area contributed by atoms with Crippen LogP contribution in [0.5, 0.6) is 5.75 Å². The molecule has 2 atom stereocenters. The number of hydrogen-bond donors (Lipinski definition) is 3. The molecule has 1 spiro atoms. The lowest BCUT2D eigenvalue weighted by molar-refractivity contribution is -0.137. The molecule has 2 saturated carbocycles. The minimum atomic E-state index is -1.05. The Hall–Kier alpha value is -5.50. The molecule has 2 aliphatic heterocycles. The number of ketones is 2. The van der Waals surface area contributed by atoms with Gasteiger partial charge in [-0.15, -0.1) is 0 Å². The standard InChI is InChI=1S/C45H52N8O6/c1-26-46-17-13-34(48-26)44(58)49-36-20-29-25-53(51-35(29)21-37(36)59-2)30-8-6-27(7-9-30)24-52-18-14-45(15-19-52)22-28(23-45)12-16-47-33-5-3-4-31-39(33)42(56)40(41(31)55)32-10-11-38(54)50-43(32)57/h3-5,13,17,20-21,25,27-28,30,32,40,47H,6-12,14-16,18-19,22-24H2,1-2H3,(H,49,58)(H,50,54,57)/t27-,30-,32?,40?. The van der Waals surface area contributed by atoms with E-state index in [1.54, 1.807) is 38.4 Å². The Morgan fingerprint density at radius 1 is 0.966 bits per heavy atom. The number of hydrogen-bond acceptors (Lipinski definition) is 11. The number of aromatic nitrogens is 4. The first-order valence-electron chi connectivity index (χ1n) is 21.3. The van der Waals surface area contributed by atoms with Crippen molar-refractivity contribution in [3.05, 3.63) is 71.4 Å². The molecule has 0 radical (unpaired) electrons. The number of nitrogens with zero attached hydrogens (tertiary/aromatic N) is 5. The van der Waals surface area contributed by atoms with Crippen molar-refractivity contribution in [3.8, 4) is 5.75 Å². The number of aryl methyl sites for hydroxylation is 1. The van der Waals surface area contributed by atoms with Crippen LogP contribution >= 0.6 is 0 Å². The number of imide groups is 1. The van der Waals surface area contributed by atoms with Crippen LogP contribution in [0.4, 0.5) is 11.4 Å². The molecule has 14 nitrogen and oxygen atoms in total. The highest BCUT2D eigenvalue weighted by atomic mass is 16.5. The largest absolute Gasteiger partial charge is 0.494 e. The normalized spacial score (nSPS) is 24.5. The minimum absolute atomic E-state index is 0.139. The molecule has 2 saturated heterocycles. The SMILES string of the molecule is COc1cc2nn([C@H]3CC[C@H](CN4CCC5(CC4)CC(CCNc4cccc6c4C(=O)C(C4CCC(=O)NC4=O)C6=O)C5)CC3)cc2cc1NC(=O)c1ccnc(C)n1. The molecular formula is C45H52N8O6. The molecular weight excluding hydrogens is 749 g/mol. The quantitative estimate of drug-likeness (QED) is 0.117. The number of fused-ring (bicyclic) bond motifs is 2. The van der Waals surface area contributed by atoms with Gasteiger partial charge in [0.15, 0.2) is 11.6 Å². The summed E-state index contributed by atoms with van der Waals surface area (Å²) in [4.78, 5) is 74.9. The molecule has 3 N–H and O–H groups in total. The van der Waals surface area contributed by atoms with Gasteiger partial charge in [-0.1, -0.05) is 12.1 Å². The van der Waals surface area contributed by atoms with Gasteiger partial charge in [0.25, 0.3) is 5.91 Å². The maximum absolute atomic E-state index is 13.5. The van der Waals surface area contributed by atoms with Crippen LogP contribution in [0.3, 0.4) is 0 Å². The molecule has 5 aliphatic rings. The molecule has 308 valence electrons. The predicted octanol–water partition coefficient (Wildman–Crippen LogP) is 6.17. The van der Waals surface area contributed by atoms with E-state index in [1.165, 1.54) is 38.5 Å². The van der Waals surface area contributed by atoms with E-state index >= 15 is 0 Å². The van der Waals surface area contributed by atoms with Crippen molar-refractivity contribution in [1.29, 1.82) is 0 Å². The first kappa shape index (κ1) is 39.0. The summed E-state index contributed by atoms with van der Waals surface area (Å²) in [7, 11) is 1.59. The number of anilines is 2. The van der Waals surface area contributed by atoms with Crippen molar-refractivity contribution in [2.75, 3.05) is 43.9 Å². The zero-order chi connectivity index (χ0) is 40.8. The number of rotatable bonds is 11. The first-order chi connectivity index (χ1) is 28.6. The molecule has 3 aliphatic carbocycles. The summed E-state index contributed by atoms with van der Waals surface area (Å²) in [6.45, 7) is 5.96. The average molecular weight is 801 g/mol. The van der Waals surface area contributed by atoms with E-state index in [4.69, 9.17) is 9.84 Å². The maximum Gasteiger partial charge on any atom is 0.274 e. The number of amides is 3. The van der Waals surface area contributed by atoms with Crippen LogP contribution in [0.1, 0.15) is 114 Å². The van der Waals surface area contributed by atoms with E-state index in [0.717, 1.165) is 56.3 Å². The number of likely N-dealkylation sites (tertiary alicyclic amines) is 1. The van der Waals surface area contributed by atoms with Crippen molar-refractivity contribution < 1.29 is 28.7 Å². The summed E-state index contributed by atoms with van der Waals surface area (Å²) in [6.07, 6.45) is 14.6. The van der Waals surface area contributed by atoms with Crippen LogP contribution in [-0.4, -0.2) is 87.2 Å². The third kappa shape index (κ3) is 7.74. The van der Waals surface area contributed by atoms with Gasteiger partial charge < -0.3 is 20.3 Å². The molecule has 2 aromatic heterocycles. The molecule has 14 heteroatoms. The summed E-state index contributed by atoms with van der Waals surface area (Å²) in [5, 5.41) is 14.6. The van der Waals surface area contributed by atoms with Crippen molar-refractivity contribution >= 4 is 51.6 Å². The lowest BCUT2D eigenvalue weighted by atomic mass is 9.57. The molecule has 4 heterocycles. The van der Waals surface area contributed by atoms with E-state index in [0.29, 0.717) is 63.1 Å². The van der Waals surface area contributed by atoms with Gasteiger partial charge >= 0.3 is 0 Å². The van der Waals surface area contributed by atoms with Crippen LogP contribution < -0.4 is 20.7 Å². The highest BCUT2D eigenvalue weighted by Gasteiger charge is 2.49. The molecule has 2 unspecified atom stereocenters. The minimum Gasteiger partial charge on any atom is -0.494 e. The van der Waals surface area contributed by atoms with E-state index in [1.807, 2.05) is 18.2 Å². The number of carbonyl (C=O) groups excluding carboxylic acids is 5. The zero-order valence-corrected chi connectivity index (χ0v) is 33.8. The third-order valence-electron chi connectivity index (χ3n) is 13.9. The van der Waals surface area contributed by atoms with Gasteiger partial charge in [0.05, 0.1) is 41.8 Å². The molecule has 2 aromatic carbocycles. The summed E-state index contributed by atoms with van der Waals surface area (Å²) < 4.78 is 7.73. The van der Waals surface area contributed by atoms with Crippen molar-refractivity contribution in [1.82, 2.24) is 30.0 Å². The summed E-state index contributed by atoms with van der Waals surface area (Å²) >= 11 is 0. The second-order valence-corrected chi connectivity index (χ2v) is 17.6. The Morgan fingerprint density at radius 3 is 2.51 bits per heavy atom. The average Bonchev–Trinajstić information content (AvgIpc) is 3.75. The van der Waals surface area contributed by atoms with Gasteiger partial charge in [-0.05, 0) is 120 Å². The van der Waals surface area contributed by atoms with Crippen LogP contribution in [-0.2, 0) is 9.59 Å². The number of ether oxygens (including phenoxy) is 1. The number of Topliss-reactive ketones (excluding diaryl/α,β-unsaturated/α-hetero) is 2. The smallest absolute Gasteiger partial charge is 0.274 e. The second-order valence-electron chi connectivity index (χ2n) is 17.6. The Labute approximate surface area is 343 Å². The van der Waals surface area contributed by atoms with Crippen LogP contribution in [0, 0.1) is 36.0 Å². The molecule has 0 bridgehead atoms. The van der Waals surface area contributed by atoms with E-state index in [9.17, 15) is 24.0 Å². The highest BCUT2D eigenvalue weighted by Crippen LogP contribution is 2.54. The maximum atomic E-state index is 13.5. The molecule has 59 heavy (non-hydrogen) atoms. The Morgan fingerprint density at radius 2 is 1.76 bits per heavy atom. The van der Waals surface area contributed by atoms with Gasteiger partial charge in [0.2, 0.25) is 11.8 Å². The van der Waals surface area contributed by atoms with Gasteiger partial charge in [-0.3, -0.25) is 34.0 Å². The lowest BCUT2D eigenvalue weighted by Crippen LogP contribution is -2.48. The topological polar surface area (TPSA) is 178 Å². The molecule has 3 amide bonds. The van der Waals surface area contributed by atoms with Gasteiger partial charge in [-0.25, -0.2) is 9.97 Å². The zero-order valence-electron chi connectivity index (χ0n) is 33.8. The Balaban J connectivity index is 0.713. The number of piperidine rings is 2. The summed E-state index contributed by atoms with van der Waals surface area (Å²) in [5.74, 6) is -1.26. The molecule has 9 rings (SSSR count). The van der Waals surface area contributed by atoms with Crippen molar-refractivity contribution in [3.63, 3.8) is 0 Å². The van der Waals surface area contributed by atoms with Crippen LogP contribution in [0.15, 0.2) is 48.8 Å². The fourth-order valence-corrected chi connectivity index (χ4v) is 10.7. The monoisotopic (exact) mass is 800 g/mol. The van der Waals surface area contributed by atoms with E-state index in [2.05, 4.69) is 41.7 Å². The third-order valence-corrected chi connectivity index (χ3v) is 13.9. The summed E-state index contributed by atoms with van der Waals surface area (Å²) in [5.41, 5.74) is 3.60.